The van der Waals surface area contributed by atoms with Gasteiger partial charge in [-0.05, 0) is 42.2 Å². The highest BCUT2D eigenvalue weighted by Gasteiger charge is 2.21. The quantitative estimate of drug-likeness (QED) is 0.745. The van der Waals surface area contributed by atoms with E-state index < -0.39 is 0 Å². The molecule has 0 aliphatic carbocycles. The minimum Gasteiger partial charge on any atom is -0.360 e. The first-order chi connectivity index (χ1) is 13.2. The lowest BCUT2D eigenvalue weighted by atomic mass is 10.0. The van der Waals surface area contributed by atoms with E-state index in [2.05, 4.69) is 91.5 Å². The van der Waals surface area contributed by atoms with E-state index in [9.17, 15) is 0 Å². The highest BCUT2D eigenvalue weighted by Crippen LogP contribution is 2.22. The predicted octanol–water partition coefficient (Wildman–Crippen LogP) is 3.88. The number of hydrogen-bond donors (Lipinski definition) is 1. The molecule has 1 heterocycles. The zero-order valence-electron chi connectivity index (χ0n) is 16.4. The van der Waals surface area contributed by atoms with E-state index in [0.717, 1.165) is 19.6 Å². The summed E-state index contributed by atoms with van der Waals surface area (Å²) in [4.78, 5) is 4.24. The van der Waals surface area contributed by atoms with Crippen LogP contribution in [0.25, 0.3) is 11.1 Å². The fourth-order valence-corrected chi connectivity index (χ4v) is 4.04. The van der Waals surface area contributed by atoms with Crippen LogP contribution >= 0.6 is 0 Å². The molecular formula is C25H29N2+. The van der Waals surface area contributed by atoms with E-state index in [0.29, 0.717) is 0 Å². The van der Waals surface area contributed by atoms with Crippen molar-refractivity contribution in [2.75, 3.05) is 31.1 Å². The maximum Gasteiger partial charge on any atom is 0.103 e. The molecule has 27 heavy (non-hydrogen) atoms. The average molecular weight is 358 g/mol. The second-order valence-corrected chi connectivity index (χ2v) is 7.77. The summed E-state index contributed by atoms with van der Waals surface area (Å²) >= 11 is 0. The van der Waals surface area contributed by atoms with Crippen LogP contribution in [0.5, 0.6) is 0 Å². The molecule has 0 unspecified atom stereocenters. The van der Waals surface area contributed by atoms with E-state index >= 15 is 0 Å². The lowest BCUT2D eigenvalue weighted by Gasteiger charge is -2.34. The summed E-state index contributed by atoms with van der Waals surface area (Å²) in [6.45, 7) is 10.2. The van der Waals surface area contributed by atoms with Gasteiger partial charge in [0.15, 0.2) is 0 Å². The zero-order valence-corrected chi connectivity index (χ0v) is 16.4. The van der Waals surface area contributed by atoms with Gasteiger partial charge in [-0.1, -0.05) is 66.7 Å². The molecule has 1 aliphatic rings. The Kier molecular flexibility index (Phi) is 5.26. The maximum atomic E-state index is 2.56. The summed E-state index contributed by atoms with van der Waals surface area (Å²) in [6, 6.07) is 26.5. The van der Waals surface area contributed by atoms with Crippen molar-refractivity contribution in [2.45, 2.75) is 20.4 Å². The Balaban J connectivity index is 1.36. The molecule has 3 aromatic rings. The topological polar surface area (TPSA) is 7.68 Å². The lowest BCUT2D eigenvalue weighted by Crippen LogP contribution is -3.13. The first-order valence-corrected chi connectivity index (χ1v) is 9.99. The van der Waals surface area contributed by atoms with Crippen LogP contribution in [0, 0.1) is 13.8 Å². The Bertz CT molecular complexity index is 876. The minimum absolute atomic E-state index is 1.12. The average Bonchev–Trinajstić information content (AvgIpc) is 2.72. The molecule has 0 saturated carbocycles. The zero-order chi connectivity index (χ0) is 18.6. The van der Waals surface area contributed by atoms with Crippen LogP contribution in [-0.2, 0) is 6.54 Å². The molecule has 138 valence electrons. The molecule has 1 N–H and O–H groups in total. The molecule has 0 spiro atoms. The van der Waals surface area contributed by atoms with E-state index in [1.165, 1.54) is 46.6 Å². The molecule has 2 nitrogen and oxygen atoms in total. The third kappa shape index (κ3) is 4.23. The number of nitrogens with zero attached hydrogens (tertiary/aromatic N) is 1. The van der Waals surface area contributed by atoms with Gasteiger partial charge in [0.25, 0.3) is 0 Å². The number of nitrogens with one attached hydrogen (secondary N) is 1. The smallest absolute Gasteiger partial charge is 0.103 e. The van der Waals surface area contributed by atoms with Gasteiger partial charge in [-0.2, -0.15) is 0 Å². The van der Waals surface area contributed by atoms with Crippen molar-refractivity contribution in [1.82, 2.24) is 0 Å². The molecule has 1 aliphatic heterocycles. The number of rotatable bonds is 4. The highest BCUT2D eigenvalue weighted by atomic mass is 15.3. The summed E-state index contributed by atoms with van der Waals surface area (Å²) in [5, 5.41) is 0. The summed E-state index contributed by atoms with van der Waals surface area (Å²) < 4.78 is 0. The van der Waals surface area contributed by atoms with E-state index in [-0.39, 0.29) is 0 Å². The summed E-state index contributed by atoms with van der Waals surface area (Å²) in [5.41, 5.74) is 8.18. The molecule has 2 heteroatoms. The second-order valence-electron chi connectivity index (χ2n) is 7.77. The van der Waals surface area contributed by atoms with Crippen molar-refractivity contribution in [3.8, 4) is 11.1 Å². The van der Waals surface area contributed by atoms with Gasteiger partial charge in [-0.3, -0.25) is 0 Å². The Morgan fingerprint density at radius 1 is 0.778 bits per heavy atom. The molecule has 0 amide bonds. The molecule has 3 aromatic carbocycles. The minimum atomic E-state index is 1.12. The molecule has 1 fully saturated rings. The molecular weight excluding hydrogens is 328 g/mol. The second kappa shape index (κ2) is 7.98. The summed E-state index contributed by atoms with van der Waals surface area (Å²) in [5.74, 6) is 0. The van der Waals surface area contributed by atoms with Crippen LogP contribution in [0.4, 0.5) is 5.69 Å². The molecule has 0 atom stereocenters. The van der Waals surface area contributed by atoms with Crippen LogP contribution in [0.15, 0.2) is 72.8 Å². The molecule has 0 aromatic heterocycles. The number of piperazine rings is 1. The lowest BCUT2D eigenvalue weighted by molar-refractivity contribution is -0.914. The Morgan fingerprint density at radius 2 is 1.44 bits per heavy atom. The van der Waals surface area contributed by atoms with Gasteiger partial charge in [0.1, 0.15) is 6.54 Å². The van der Waals surface area contributed by atoms with E-state index in [4.69, 9.17) is 0 Å². The van der Waals surface area contributed by atoms with Crippen molar-refractivity contribution in [2.24, 2.45) is 0 Å². The first kappa shape index (κ1) is 17.8. The van der Waals surface area contributed by atoms with Gasteiger partial charge in [-0.25, -0.2) is 0 Å². The fourth-order valence-electron chi connectivity index (χ4n) is 4.04. The van der Waals surface area contributed by atoms with Crippen molar-refractivity contribution in [1.29, 1.82) is 0 Å². The van der Waals surface area contributed by atoms with Crippen molar-refractivity contribution >= 4 is 5.69 Å². The molecule has 0 bridgehead atoms. The van der Waals surface area contributed by atoms with Crippen molar-refractivity contribution < 1.29 is 4.90 Å². The number of benzene rings is 3. The summed E-state index contributed by atoms with van der Waals surface area (Å²) in [6.07, 6.45) is 0. The maximum absolute atomic E-state index is 2.56. The normalized spacial score (nSPS) is 15.1. The van der Waals surface area contributed by atoms with Crippen molar-refractivity contribution in [3.63, 3.8) is 0 Å². The largest absolute Gasteiger partial charge is 0.360 e. The highest BCUT2D eigenvalue weighted by molar-refractivity contribution is 5.63. The van der Waals surface area contributed by atoms with Gasteiger partial charge in [0.05, 0.1) is 26.2 Å². The third-order valence-corrected chi connectivity index (χ3v) is 5.69. The van der Waals surface area contributed by atoms with Crippen LogP contribution in [0.2, 0.25) is 0 Å². The molecule has 1 saturated heterocycles. The van der Waals surface area contributed by atoms with Crippen LogP contribution in [0.3, 0.4) is 0 Å². The van der Waals surface area contributed by atoms with Gasteiger partial charge in [-0.15, -0.1) is 0 Å². The van der Waals surface area contributed by atoms with Crippen LogP contribution in [-0.4, -0.2) is 26.2 Å². The van der Waals surface area contributed by atoms with Gasteiger partial charge >= 0.3 is 0 Å². The SMILES string of the molecule is Cc1ccc(C)c(N2CC[NH+](Cc3ccc(-c4ccccc4)cc3)CC2)c1. The standard InChI is InChI=1S/C25H28N2/c1-20-8-9-21(2)25(18-20)27-16-14-26(15-17-27)19-22-10-12-24(13-11-22)23-6-4-3-5-7-23/h3-13,18H,14-17,19H2,1-2H3/p+1. The van der Waals surface area contributed by atoms with Gasteiger partial charge in [0.2, 0.25) is 0 Å². The predicted molar refractivity (Wildman–Crippen MR) is 114 cm³/mol. The number of aryl methyl sites for hydroxylation is 2. The number of quaternary nitrogens is 1. The van der Waals surface area contributed by atoms with Crippen LogP contribution < -0.4 is 9.80 Å². The molecule has 0 radical (unpaired) electrons. The van der Waals surface area contributed by atoms with Gasteiger partial charge in [0, 0.05) is 11.3 Å². The Labute approximate surface area is 163 Å². The number of hydrogen-bond acceptors (Lipinski definition) is 1. The van der Waals surface area contributed by atoms with Crippen LogP contribution in [0.1, 0.15) is 16.7 Å². The van der Waals surface area contributed by atoms with Crippen molar-refractivity contribution in [3.05, 3.63) is 89.5 Å². The fraction of sp³-hybridized carbons (Fsp3) is 0.280. The molecule has 4 rings (SSSR count). The van der Waals surface area contributed by atoms with Gasteiger partial charge < -0.3 is 9.80 Å². The first-order valence-electron chi connectivity index (χ1n) is 9.99. The number of anilines is 1. The monoisotopic (exact) mass is 357 g/mol. The summed E-state index contributed by atoms with van der Waals surface area (Å²) in [7, 11) is 0. The van der Waals surface area contributed by atoms with E-state index in [1.54, 1.807) is 4.90 Å². The van der Waals surface area contributed by atoms with E-state index in [1.807, 2.05) is 0 Å². The Hall–Kier alpha value is -2.58. The Morgan fingerprint density at radius 3 is 2.15 bits per heavy atom. The third-order valence-electron chi connectivity index (χ3n) is 5.69.